The smallest absolute Gasteiger partial charge is 0.175 e. The molecule has 0 aliphatic heterocycles. The van der Waals surface area contributed by atoms with Crippen LogP contribution < -0.4 is 4.74 Å². The van der Waals surface area contributed by atoms with E-state index in [1.54, 1.807) is 13.3 Å². The lowest BCUT2D eigenvalue weighted by Crippen LogP contribution is -1.88. The highest BCUT2D eigenvalue weighted by molar-refractivity contribution is 6.30. The van der Waals surface area contributed by atoms with E-state index in [9.17, 15) is 0 Å². The normalized spacial score (nSPS) is 10.9. The van der Waals surface area contributed by atoms with Gasteiger partial charge in [0, 0.05) is 21.5 Å². The molecule has 0 spiro atoms. The summed E-state index contributed by atoms with van der Waals surface area (Å²) in [6.45, 7) is 0. The lowest BCUT2D eigenvalue weighted by Gasteiger charge is -2.10. The van der Waals surface area contributed by atoms with Gasteiger partial charge in [-0.05, 0) is 35.2 Å². The Morgan fingerprint density at radius 3 is 2.38 bits per heavy atom. The fraction of sp³-hybridized carbons (Fsp3) is 0.0500. The molecule has 4 aromatic rings. The second-order valence-electron chi connectivity index (χ2n) is 5.44. The van der Waals surface area contributed by atoms with Gasteiger partial charge in [-0.15, -0.1) is 0 Å². The van der Waals surface area contributed by atoms with Crippen molar-refractivity contribution in [2.24, 2.45) is 0 Å². The van der Waals surface area contributed by atoms with E-state index in [-0.39, 0.29) is 0 Å². The third-order valence-electron chi connectivity index (χ3n) is 4.07. The molecular weight excluding hydrogens is 322 g/mol. The first-order chi connectivity index (χ1) is 11.8. The second kappa shape index (κ2) is 6.02. The summed E-state index contributed by atoms with van der Waals surface area (Å²) in [6, 6.07) is 19.7. The van der Waals surface area contributed by atoms with Crippen LogP contribution in [0.25, 0.3) is 33.2 Å². The molecule has 0 saturated carbocycles. The minimum absolute atomic E-state index is 0.701. The topological polar surface area (TPSA) is 35.3 Å². The van der Waals surface area contributed by atoms with Gasteiger partial charge in [0.1, 0.15) is 5.75 Å². The highest BCUT2D eigenvalue weighted by Crippen LogP contribution is 2.39. The molecule has 0 N–H and O–H groups in total. The zero-order valence-electron chi connectivity index (χ0n) is 13.0. The van der Waals surface area contributed by atoms with Crippen LogP contribution in [0.2, 0.25) is 5.02 Å². The lowest BCUT2D eigenvalue weighted by molar-refractivity contribution is 0.419. The highest BCUT2D eigenvalue weighted by Gasteiger charge is 2.16. The zero-order valence-corrected chi connectivity index (χ0v) is 13.7. The Labute approximate surface area is 144 Å². The largest absolute Gasteiger partial charge is 0.496 e. The quantitative estimate of drug-likeness (QED) is 0.473. The number of ether oxygens (including phenoxy) is 1. The van der Waals surface area contributed by atoms with Gasteiger partial charge in [0.2, 0.25) is 0 Å². The van der Waals surface area contributed by atoms with Crippen LogP contribution in [0.3, 0.4) is 0 Å². The Bertz CT molecular complexity index is 1010. The van der Waals surface area contributed by atoms with Gasteiger partial charge in [0.25, 0.3) is 0 Å². The maximum Gasteiger partial charge on any atom is 0.175 e. The zero-order chi connectivity index (χ0) is 16.5. The molecule has 0 aliphatic carbocycles. The van der Waals surface area contributed by atoms with E-state index >= 15 is 0 Å². The first kappa shape index (κ1) is 14.8. The Morgan fingerprint density at radius 1 is 0.875 bits per heavy atom. The molecule has 1 heterocycles. The summed E-state index contributed by atoms with van der Waals surface area (Å²) in [7, 11) is 1.68. The van der Waals surface area contributed by atoms with Crippen LogP contribution in [0.15, 0.2) is 71.4 Å². The number of nitrogens with zero attached hydrogens (tertiary/aromatic N) is 1. The van der Waals surface area contributed by atoms with Crippen LogP contribution in [0.5, 0.6) is 5.75 Å². The summed E-state index contributed by atoms with van der Waals surface area (Å²) >= 11 is 5.99. The third kappa shape index (κ3) is 2.43. The van der Waals surface area contributed by atoms with Crippen molar-refractivity contribution in [1.82, 2.24) is 5.16 Å². The van der Waals surface area contributed by atoms with Gasteiger partial charge < -0.3 is 9.26 Å². The van der Waals surface area contributed by atoms with Gasteiger partial charge >= 0.3 is 0 Å². The maximum absolute atomic E-state index is 5.99. The van der Waals surface area contributed by atoms with E-state index in [0.29, 0.717) is 5.02 Å². The highest BCUT2D eigenvalue weighted by atomic mass is 35.5. The summed E-state index contributed by atoms with van der Waals surface area (Å²) in [4.78, 5) is 0. The molecule has 0 amide bonds. The molecular formula is C20H14ClNO2. The average molecular weight is 336 g/mol. The van der Waals surface area contributed by atoms with Crippen molar-refractivity contribution in [1.29, 1.82) is 0 Å². The van der Waals surface area contributed by atoms with Gasteiger partial charge in [-0.1, -0.05) is 53.2 Å². The van der Waals surface area contributed by atoms with Crippen molar-refractivity contribution >= 4 is 22.4 Å². The number of aromatic nitrogens is 1. The number of rotatable bonds is 3. The Kier molecular flexibility index (Phi) is 3.71. The minimum atomic E-state index is 0.701. The minimum Gasteiger partial charge on any atom is -0.496 e. The summed E-state index contributed by atoms with van der Waals surface area (Å²) in [5.41, 5.74) is 2.92. The molecule has 24 heavy (non-hydrogen) atoms. The molecule has 0 radical (unpaired) electrons. The van der Waals surface area contributed by atoms with Gasteiger partial charge in [-0.25, -0.2) is 0 Å². The second-order valence-corrected chi connectivity index (χ2v) is 5.87. The lowest BCUT2D eigenvalue weighted by atomic mass is 9.97. The molecule has 1 aromatic heterocycles. The molecule has 4 rings (SSSR count). The maximum atomic E-state index is 5.99. The monoisotopic (exact) mass is 335 g/mol. The fourth-order valence-corrected chi connectivity index (χ4v) is 3.04. The van der Waals surface area contributed by atoms with E-state index in [0.717, 1.165) is 39.0 Å². The van der Waals surface area contributed by atoms with Gasteiger partial charge in [-0.3, -0.25) is 0 Å². The molecule has 0 bridgehead atoms. The third-order valence-corrected chi connectivity index (χ3v) is 4.33. The van der Waals surface area contributed by atoms with Crippen molar-refractivity contribution in [2.45, 2.75) is 0 Å². The SMILES string of the molecule is COc1ccc(-c2oncc2-c2ccc(Cl)cc2)c2ccccc12. The average Bonchev–Trinajstić information content (AvgIpc) is 3.11. The van der Waals surface area contributed by atoms with E-state index in [2.05, 4.69) is 11.2 Å². The van der Waals surface area contributed by atoms with Crippen LogP contribution in [0.4, 0.5) is 0 Å². The summed E-state index contributed by atoms with van der Waals surface area (Å²) in [5, 5.41) is 6.81. The first-order valence-corrected chi connectivity index (χ1v) is 7.92. The van der Waals surface area contributed by atoms with E-state index in [4.69, 9.17) is 20.9 Å². The van der Waals surface area contributed by atoms with Gasteiger partial charge in [0.05, 0.1) is 13.3 Å². The molecule has 118 valence electrons. The number of hydrogen-bond acceptors (Lipinski definition) is 3. The number of halogens is 1. The summed E-state index contributed by atoms with van der Waals surface area (Å²) in [6.07, 6.45) is 1.73. The van der Waals surface area contributed by atoms with E-state index < -0.39 is 0 Å². The van der Waals surface area contributed by atoms with Crippen molar-refractivity contribution < 1.29 is 9.26 Å². The van der Waals surface area contributed by atoms with Crippen LogP contribution in [0.1, 0.15) is 0 Å². The Hall–Kier alpha value is -2.78. The number of benzene rings is 3. The van der Waals surface area contributed by atoms with Crippen molar-refractivity contribution in [3.8, 4) is 28.2 Å². The molecule has 4 heteroatoms. The van der Waals surface area contributed by atoms with Crippen LogP contribution >= 0.6 is 11.6 Å². The van der Waals surface area contributed by atoms with Crippen molar-refractivity contribution in [3.63, 3.8) is 0 Å². The standard InChI is InChI=1S/C20H14ClNO2/c1-23-19-11-10-17(15-4-2-3-5-16(15)19)20-18(12-22-24-20)13-6-8-14(21)9-7-13/h2-12H,1H3. The molecule has 3 nitrogen and oxygen atoms in total. The molecule has 0 atom stereocenters. The molecule has 0 aliphatic rings. The summed E-state index contributed by atoms with van der Waals surface area (Å²) in [5.74, 6) is 1.57. The number of hydrogen-bond donors (Lipinski definition) is 0. The van der Waals surface area contributed by atoms with Crippen molar-refractivity contribution in [2.75, 3.05) is 7.11 Å². The number of methoxy groups -OCH3 is 1. The number of fused-ring (bicyclic) bond motifs is 1. The first-order valence-electron chi connectivity index (χ1n) is 7.54. The van der Waals surface area contributed by atoms with E-state index in [1.807, 2.05) is 54.6 Å². The Balaban J connectivity index is 1.94. The predicted molar refractivity (Wildman–Crippen MR) is 96.4 cm³/mol. The molecule has 0 unspecified atom stereocenters. The van der Waals surface area contributed by atoms with Crippen LogP contribution in [-0.2, 0) is 0 Å². The molecule has 3 aromatic carbocycles. The predicted octanol–water partition coefficient (Wildman–Crippen LogP) is 5.82. The molecule has 0 fully saturated rings. The fourth-order valence-electron chi connectivity index (χ4n) is 2.92. The van der Waals surface area contributed by atoms with Gasteiger partial charge in [0.15, 0.2) is 5.76 Å². The van der Waals surface area contributed by atoms with Crippen molar-refractivity contribution in [3.05, 3.63) is 71.9 Å². The van der Waals surface area contributed by atoms with Gasteiger partial charge in [-0.2, -0.15) is 0 Å². The molecule has 0 saturated heterocycles. The van der Waals surface area contributed by atoms with Crippen LogP contribution in [-0.4, -0.2) is 12.3 Å². The summed E-state index contributed by atoms with van der Waals surface area (Å²) < 4.78 is 11.1. The van der Waals surface area contributed by atoms with Crippen LogP contribution in [0, 0.1) is 0 Å². The Morgan fingerprint density at radius 2 is 1.62 bits per heavy atom. The van der Waals surface area contributed by atoms with E-state index in [1.165, 1.54) is 0 Å².